The molecule has 0 fully saturated rings. The van der Waals surface area contributed by atoms with E-state index in [2.05, 4.69) is 0 Å². The smallest absolute Gasteiger partial charge is 0.328 e. The van der Waals surface area contributed by atoms with Gasteiger partial charge in [-0.2, -0.15) is 0 Å². The Hall–Kier alpha value is -2.66. The molecule has 1 aromatic heterocycles. The molecule has 122 valence electrons. The molecular formula is C19H17NO3S. The second-order valence-corrected chi connectivity index (χ2v) is 6.50. The summed E-state index contributed by atoms with van der Waals surface area (Å²) in [7, 11) is 0. The van der Waals surface area contributed by atoms with E-state index in [1.54, 1.807) is 6.08 Å². The van der Waals surface area contributed by atoms with Crippen LogP contribution in [-0.2, 0) is 17.8 Å². The third-order valence-corrected chi connectivity index (χ3v) is 4.78. The van der Waals surface area contributed by atoms with Crippen molar-refractivity contribution in [2.45, 2.75) is 19.4 Å². The zero-order valence-corrected chi connectivity index (χ0v) is 13.8. The molecule has 2 aromatic carbocycles. The van der Waals surface area contributed by atoms with Gasteiger partial charge >= 0.3 is 10.8 Å². The van der Waals surface area contributed by atoms with E-state index in [-0.39, 0.29) is 4.87 Å². The lowest BCUT2D eigenvalue weighted by Crippen LogP contribution is -2.13. The number of hydrogen-bond donors (Lipinski definition) is 1. The van der Waals surface area contributed by atoms with Crippen LogP contribution in [0.15, 0.2) is 59.4 Å². The minimum absolute atomic E-state index is 0.0883. The van der Waals surface area contributed by atoms with E-state index in [0.29, 0.717) is 6.54 Å². The van der Waals surface area contributed by atoms with E-state index >= 15 is 0 Å². The molecule has 0 bridgehead atoms. The van der Waals surface area contributed by atoms with Crippen LogP contribution in [0.5, 0.6) is 0 Å². The molecule has 24 heavy (non-hydrogen) atoms. The van der Waals surface area contributed by atoms with Gasteiger partial charge in [-0.1, -0.05) is 47.7 Å². The Kier molecular flexibility index (Phi) is 4.91. The molecule has 0 amide bonds. The first-order chi connectivity index (χ1) is 11.6. The van der Waals surface area contributed by atoms with E-state index < -0.39 is 5.97 Å². The molecule has 0 radical (unpaired) electrons. The second kappa shape index (κ2) is 7.27. The standard InChI is InChI=1S/C19H17NO3S/c21-18(22)12-11-15-9-7-14(8-10-15)4-3-13-20-16-5-1-2-6-17(16)24-19(20)23/h1-2,5-12H,3-4,13H2,(H,21,22)/b12-11+. The highest BCUT2D eigenvalue weighted by molar-refractivity contribution is 7.16. The summed E-state index contributed by atoms with van der Waals surface area (Å²) in [6.45, 7) is 0.698. The molecule has 1 heterocycles. The summed E-state index contributed by atoms with van der Waals surface area (Å²) < 4.78 is 2.86. The predicted octanol–water partition coefficient (Wildman–Crippen LogP) is 3.79. The molecule has 0 aliphatic heterocycles. The van der Waals surface area contributed by atoms with Crippen LogP contribution in [0.2, 0.25) is 0 Å². The van der Waals surface area contributed by atoms with Gasteiger partial charge in [0, 0.05) is 12.6 Å². The molecule has 5 heteroatoms. The third-order valence-electron chi connectivity index (χ3n) is 3.82. The van der Waals surface area contributed by atoms with Gasteiger partial charge in [-0.15, -0.1) is 0 Å². The van der Waals surface area contributed by atoms with Crippen LogP contribution in [-0.4, -0.2) is 15.6 Å². The number of carbonyl (C=O) groups is 1. The van der Waals surface area contributed by atoms with E-state index in [0.717, 1.165) is 34.7 Å². The van der Waals surface area contributed by atoms with Crippen molar-refractivity contribution in [2.75, 3.05) is 0 Å². The Labute approximate surface area is 143 Å². The Morgan fingerprint density at radius 3 is 2.62 bits per heavy atom. The minimum Gasteiger partial charge on any atom is -0.478 e. The molecule has 3 aromatic rings. The first-order valence-electron chi connectivity index (χ1n) is 7.72. The van der Waals surface area contributed by atoms with Crippen LogP contribution < -0.4 is 4.87 Å². The second-order valence-electron chi connectivity index (χ2n) is 5.50. The van der Waals surface area contributed by atoms with Crippen LogP contribution in [0, 0.1) is 0 Å². The van der Waals surface area contributed by atoms with Gasteiger partial charge in [0.05, 0.1) is 10.2 Å². The van der Waals surface area contributed by atoms with Gasteiger partial charge < -0.3 is 5.11 Å². The number of aromatic nitrogens is 1. The van der Waals surface area contributed by atoms with Gasteiger partial charge in [0.1, 0.15) is 0 Å². The number of aryl methyl sites for hydroxylation is 2. The number of benzene rings is 2. The molecule has 0 unspecified atom stereocenters. The number of para-hydroxylation sites is 1. The lowest BCUT2D eigenvalue weighted by Gasteiger charge is -2.05. The summed E-state index contributed by atoms with van der Waals surface area (Å²) in [5.41, 5.74) is 3.04. The SMILES string of the molecule is O=C(O)/C=C/c1ccc(CCCn2c(=O)sc3ccccc32)cc1. The lowest BCUT2D eigenvalue weighted by molar-refractivity contribution is -0.131. The number of carboxylic acid groups (broad SMARTS) is 1. The number of carboxylic acids is 1. The molecule has 4 nitrogen and oxygen atoms in total. The van der Waals surface area contributed by atoms with E-state index in [1.807, 2.05) is 53.1 Å². The van der Waals surface area contributed by atoms with E-state index in [9.17, 15) is 9.59 Å². The maximum absolute atomic E-state index is 12.1. The largest absolute Gasteiger partial charge is 0.478 e. The van der Waals surface area contributed by atoms with Gasteiger partial charge in [0.15, 0.2) is 0 Å². The topological polar surface area (TPSA) is 59.3 Å². The van der Waals surface area contributed by atoms with Gasteiger partial charge in [-0.3, -0.25) is 9.36 Å². The predicted molar refractivity (Wildman–Crippen MR) is 97.5 cm³/mol. The first-order valence-corrected chi connectivity index (χ1v) is 8.53. The van der Waals surface area contributed by atoms with Gasteiger partial charge in [0.2, 0.25) is 0 Å². The van der Waals surface area contributed by atoms with E-state index in [4.69, 9.17) is 5.11 Å². The van der Waals surface area contributed by atoms with Crippen LogP contribution >= 0.6 is 11.3 Å². The summed E-state index contributed by atoms with van der Waals surface area (Å²) in [4.78, 5) is 22.7. The fourth-order valence-electron chi connectivity index (χ4n) is 2.63. The van der Waals surface area contributed by atoms with Crippen molar-refractivity contribution in [3.8, 4) is 0 Å². The normalized spacial score (nSPS) is 11.3. The Bertz CT molecular complexity index is 935. The maximum Gasteiger partial charge on any atom is 0.328 e. The fraction of sp³-hybridized carbons (Fsp3) is 0.158. The average molecular weight is 339 g/mol. The van der Waals surface area contributed by atoms with Crippen molar-refractivity contribution < 1.29 is 9.90 Å². The number of nitrogens with zero attached hydrogens (tertiary/aromatic N) is 1. The number of rotatable bonds is 6. The third kappa shape index (κ3) is 3.81. The molecule has 0 aliphatic carbocycles. The van der Waals surface area contributed by atoms with Crippen molar-refractivity contribution in [1.82, 2.24) is 4.57 Å². The Morgan fingerprint density at radius 2 is 1.88 bits per heavy atom. The zero-order chi connectivity index (χ0) is 16.9. The summed E-state index contributed by atoms with van der Waals surface area (Å²) in [5.74, 6) is -0.951. The Balaban J connectivity index is 1.63. The maximum atomic E-state index is 12.1. The summed E-state index contributed by atoms with van der Waals surface area (Å²) >= 11 is 1.29. The van der Waals surface area contributed by atoms with Crippen molar-refractivity contribution in [2.24, 2.45) is 0 Å². The molecule has 3 rings (SSSR count). The van der Waals surface area contributed by atoms with Gasteiger partial charge in [-0.05, 0) is 42.2 Å². The molecule has 0 saturated carbocycles. The van der Waals surface area contributed by atoms with Gasteiger partial charge in [-0.25, -0.2) is 4.79 Å². The van der Waals surface area contributed by atoms with Crippen LogP contribution in [0.1, 0.15) is 17.5 Å². The lowest BCUT2D eigenvalue weighted by atomic mass is 10.1. The van der Waals surface area contributed by atoms with Crippen molar-refractivity contribution in [3.63, 3.8) is 0 Å². The monoisotopic (exact) mass is 339 g/mol. The number of thiazole rings is 1. The van der Waals surface area contributed by atoms with Crippen molar-refractivity contribution in [3.05, 3.63) is 75.4 Å². The zero-order valence-electron chi connectivity index (χ0n) is 13.0. The van der Waals surface area contributed by atoms with Crippen LogP contribution in [0.25, 0.3) is 16.3 Å². The fourth-order valence-corrected chi connectivity index (χ4v) is 3.55. The number of hydrogen-bond acceptors (Lipinski definition) is 3. The average Bonchev–Trinajstić information content (AvgIpc) is 2.90. The molecule has 0 atom stereocenters. The highest BCUT2D eigenvalue weighted by atomic mass is 32.1. The quantitative estimate of drug-likeness (QED) is 0.695. The first kappa shape index (κ1) is 16.2. The Morgan fingerprint density at radius 1 is 1.12 bits per heavy atom. The molecule has 1 N–H and O–H groups in total. The number of fused-ring (bicyclic) bond motifs is 1. The molecule has 0 aliphatic rings. The molecule has 0 saturated heterocycles. The molecule has 0 spiro atoms. The summed E-state index contributed by atoms with van der Waals surface area (Å²) in [6.07, 6.45) is 4.46. The van der Waals surface area contributed by atoms with Gasteiger partial charge in [0.25, 0.3) is 0 Å². The minimum atomic E-state index is -0.951. The van der Waals surface area contributed by atoms with Crippen LogP contribution in [0.4, 0.5) is 0 Å². The summed E-state index contributed by atoms with van der Waals surface area (Å²) in [5, 5.41) is 8.62. The van der Waals surface area contributed by atoms with E-state index in [1.165, 1.54) is 16.9 Å². The molecular weight excluding hydrogens is 322 g/mol. The van der Waals surface area contributed by atoms with Crippen LogP contribution in [0.3, 0.4) is 0 Å². The highest BCUT2D eigenvalue weighted by Crippen LogP contribution is 2.17. The van der Waals surface area contributed by atoms with Crippen molar-refractivity contribution >= 4 is 33.6 Å². The highest BCUT2D eigenvalue weighted by Gasteiger charge is 2.06. The van der Waals surface area contributed by atoms with Crippen molar-refractivity contribution in [1.29, 1.82) is 0 Å². The summed E-state index contributed by atoms with van der Waals surface area (Å²) in [6, 6.07) is 15.7. The number of aliphatic carboxylic acids is 1.